The number of nitrogens with one attached hydrogen (secondary N) is 2. The van der Waals surface area contributed by atoms with E-state index in [1.807, 2.05) is 6.07 Å². The van der Waals surface area contributed by atoms with Crippen LogP contribution in [0.25, 0.3) is 10.9 Å². The molecule has 1 aliphatic rings. The summed E-state index contributed by atoms with van der Waals surface area (Å²) in [5, 5.41) is 15.1. The Morgan fingerprint density at radius 3 is 2.81 bits per heavy atom. The number of aliphatic hydroxyl groups is 1. The fourth-order valence-corrected chi connectivity index (χ4v) is 4.22. The number of aliphatic hydroxyl groups excluding tert-OH is 1. The van der Waals surface area contributed by atoms with Crippen molar-refractivity contribution in [3.05, 3.63) is 62.2 Å². The average Bonchev–Trinajstić information content (AvgIpc) is 3.02. The Kier molecular flexibility index (Phi) is 4.61. The molecule has 1 amide bonds. The van der Waals surface area contributed by atoms with E-state index in [2.05, 4.69) is 10.3 Å². The maximum Gasteiger partial charge on any atom is 0.272 e. The lowest BCUT2D eigenvalue weighted by molar-refractivity contribution is 0.102. The van der Waals surface area contributed by atoms with Gasteiger partial charge in [0, 0.05) is 15.9 Å². The van der Waals surface area contributed by atoms with Crippen LogP contribution in [0, 0.1) is 0 Å². The third kappa shape index (κ3) is 3.08. The van der Waals surface area contributed by atoms with Gasteiger partial charge in [-0.3, -0.25) is 4.79 Å². The highest BCUT2D eigenvalue weighted by Gasteiger charge is 2.25. The van der Waals surface area contributed by atoms with Gasteiger partial charge in [-0.05, 0) is 60.7 Å². The summed E-state index contributed by atoms with van der Waals surface area (Å²) in [6.07, 6.45) is 1.70. The first-order valence-electron chi connectivity index (χ1n) is 8.22. The molecule has 4 nitrogen and oxygen atoms in total. The molecule has 3 aromatic rings. The number of hydrogen-bond donors (Lipinski definition) is 3. The van der Waals surface area contributed by atoms with Crippen molar-refractivity contribution in [2.45, 2.75) is 25.4 Å². The minimum Gasteiger partial charge on any atom is -0.388 e. The fraction of sp³-hybridized carbons (Fsp3) is 0.211. The molecule has 0 fully saturated rings. The van der Waals surface area contributed by atoms with E-state index in [4.69, 9.17) is 34.8 Å². The molecule has 0 radical (unpaired) electrons. The average molecular weight is 410 g/mol. The van der Waals surface area contributed by atoms with Crippen LogP contribution < -0.4 is 5.32 Å². The summed E-state index contributed by atoms with van der Waals surface area (Å²) in [5.74, 6) is -0.350. The molecule has 0 spiro atoms. The number of anilines is 1. The third-order valence-corrected chi connectivity index (χ3v) is 5.63. The van der Waals surface area contributed by atoms with Crippen LogP contribution >= 0.6 is 34.8 Å². The Morgan fingerprint density at radius 2 is 2.00 bits per heavy atom. The zero-order chi connectivity index (χ0) is 18.4. The quantitative estimate of drug-likeness (QED) is 0.504. The van der Waals surface area contributed by atoms with Gasteiger partial charge in [0.15, 0.2) is 0 Å². The Hall–Kier alpha value is -1.72. The number of rotatable bonds is 2. The lowest BCUT2D eigenvalue weighted by Gasteiger charge is -2.24. The number of hydrogen-bond acceptors (Lipinski definition) is 2. The molecule has 7 heteroatoms. The lowest BCUT2D eigenvalue weighted by atomic mass is 9.89. The summed E-state index contributed by atoms with van der Waals surface area (Å²) in [5.41, 5.74) is 3.14. The molecule has 1 heterocycles. The molecule has 1 aliphatic carbocycles. The zero-order valence-corrected chi connectivity index (χ0v) is 15.8. The number of H-pyrrole nitrogens is 1. The van der Waals surface area contributed by atoms with E-state index in [0.29, 0.717) is 32.9 Å². The molecule has 1 aromatic heterocycles. The van der Waals surface area contributed by atoms with Crippen LogP contribution in [-0.2, 0) is 6.42 Å². The maximum atomic E-state index is 12.7. The molecule has 134 valence electrons. The maximum absolute atomic E-state index is 12.7. The molecule has 0 bridgehead atoms. The van der Waals surface area contributed by atoms with Crippen molar-refractivity contribution in [3.8, 4) is 0 Å². The molecule has 1 atom stereocenters. The fourth-order valence-electron chi connectivity index (χ4n) is 3.38. The van der Waals surface area contributed by atoms with E-state index in [-0.39, 0.29) is 5.91 Å². The largest absolute Gasteiger partial charge is 0.388 e. The van der Waals surface area contributed by atoms with Gasteiger partial charge < -0.3 is 15.4 Å². The third-order valence-electron chi connectivity index (χ3n) is 4.68. The molecule has 1 unspecified atom stereocenters. The van der Waals surface area contributed by atoms with E-state index in [9.17, 15) is 9.90 Å². The number of carbonyl (C=O) groups is 1. The van der Waals surface area contributed by atoms with E-state index in [0.717, 1.165) is 34.9 Å². The Morgan fingerprint density at radius 1 is 1.19 bits per heavy atom. The van der Waals surface area contributed by atoms with Crippen molar-refractivity contribution in [3.63, 3.8) is 0 Å². The highest BCUT2D eigenvalue weighted by Crippen LogP contribution is 2.42. The number of amides is 1. The standard InChI is InChI=1S/C19H15Cl3N2O2/c20-10-4-5-14-9(6-10)7-15(23-14)19(26)24-18-13(21)8-12-11(17(18)22)2-1-3-16(12)25/h4-8,16,23,25H,1-3H2,(H,24,26). The normalized spacial score (nSPS) is 16.5. The van der Waals surface area contributed by atoms with Gasteiger partial charge in [-0.15, -0.1) is 0 Å². The number of fused-ring (bicyclic) bond motifs is 2. The van der Waals surface area contributed by atoms with Crippen molar-refractivity contribution >= 4 is 57.3 Å². The number of aromatic amines is 1. The van der Waals surface area contributed by atoms with Gasteiger partial charge in [0.1, 0.15) is 5.69 Å². The van der Waals surface area contributed by atoms with Crippen molar-refractivity contribution in [2.75, 3.05) is 5.32 Å². The highest BCUT2D eigenvalue weighted by molar-refractivity contribution is 6.40. The first-order chi connectivity index (χ1) is 12.4. The Balaban J connectivity index is 1.69. The van der Waals surface area contributed by atoms with Gasteiger partial charge in [-0.1, -0.05) is 34.8 Å². The van der Waals surface area contributed by atoms with Gasteiger partial charge in [0.25, 0.3) is 5.91 Å². The Labute approximate surface area is 165 Å². The molecule has 26 heavy (non-hydrogen) atoms. The summed E-state index contributed by atoms with van der Waals surface area (Å²) >= 11 is 18.8. The summed E-state index contributed by atoms with van der Waals surface area (Å²) in [4.78, 5) is 15.7. The molecule has 0 aliphatic heterocycles. The van der Waals surface area contributed by atoms with Crippen molar-refractivity contribution in [1.29, 1.82) is 0 Å². The van der Waals surface area contributed by atoms with Gasteiger partial charge in [-0.2, -0.15) is 0 Å². The second-order valence-corrected chi connectivity index (χ2v) is 7.61. The van der Waals surface area contributed by atoms with Crippen molar-refractivity contribution in [2.24, 2.45) is 0 Å². The summed E-state index contributed by atoms with van der Waals surface area (Å²) in [6.45, 7) is 0. The van der Waals surface area contributed by atoms with E-state index in [1.54, 1.807) is 24.3 Å². The van der Waals surface area contributed by atoms with Gasteiger partial charge in [0.05, 0.1) is 21.8 Å². The van der Waals surface area contributed by atoms with Crippen molar-refractivity contribution in [1.82, 2.24) is 4.98 Å². The van der Waals surface area contributed by atoms with Crippen LogP contribution in [-0.4, -0.2) is 16.0 Å². The Bertz CT molecular complexity index is 1030. The van der Waals surface area contributed by atoms with Crippen LogP contribution in [0.3, 0.4) is 0 Å². The smallest absolute Gasteiger partial charge is 0.272 e. The molecule has 3 N–H and O–H groups in total. The molecule has 2 aromatic carbocycles. The van der Waals surface area contributed by atoms with Crippen molar-refractivity contribution < 1.29 is 9.90 Å². The second-order valence-electron chi connectivity index (χ2n) is 6.39. The SMILES string of the molecule is O=C(Nc1c(Cl)cc2c(c1Cl)CCCC2O)c1cc2cc(Cl)ccc2[nH]1. The molecule has 0 saturated heterocycles. The first-order valence-corrected chi connectivity index (χ1v) is 9.36. The van der Waals surface area contributed by atoms with Gasteiger partial charge in [0.2, 0.25) is 0 Å². The minimum absolute atomic E-state index is 0.308. The van der Waals surface area contributed by atoms with Gasteiger partial charge in [-0.25, -0.2) is 0 Å². The van der Waals surface area contributed by atoms with Crippen LogP contribution in [0.4, 0.5) is 5.69 Å². The predicted octanol–water partition coefficient (Wildman–Crippen LogP) is 5.75. The molecule has 0 saturated carbocycles. The van der Waals surface area contributed by atoms with Crippen LogP contribution in [0.2, 0.25) is 15.1 Å². The topological polar surface area (TPSA) is 65.1 Å². The summed E-state index contributed by atoms with van der Waals surface area (Å²) < 4.78 is 0. The second kappa shape index (κ2) is 6.78. The monoisotopic (exact) mass is 408 g/mol. The number of benzene rings is 2. The molecule has 4 rings (SSSR count). The van der Waals surface area contributed by atoms with E-state index < -0.39 is 6.10 Å². The minimum atomic E-state index is -0.572. The van der Waals surface area contributed by atoms with Crippen LogP contribution in [0.5, 0.6) is 0 Å². The zero-order valence-electron chi connectivity index (χ0n) is 13.6. The number of aromatic nitrogens is 1. The number of carbonyl (C=O) groups excluding carboxylic acids is 1. The van der Waals surface area contributed by atoms with Crippen LogP contribution in [0.15, 0.2) is 30.3 Å². The molecular weight excluding hydrogens is 395 g/mol. The lowest BCUT2D eigenvalue weighted by Crippen LogP contribution is -2.16. The molecular formula is C19H15Cl3N2O2. The van der Waals surface area contributed by atoms with E-state index >= 15 is 0 Å². The highest BCUT2D eigenvalue weighted by atomic mass is 35.5. The van der Waals surface area contributed by atoms with Gasteiger partial charge >= 0.3 is 0 Å². The summed E-state index contributed by atoms with van der Waals surface area (Å²) in [7, 11) is 0. The van der Waals surface area contributed by atoms with E-state index in [1.165, 1.54) is 0 Å². The first kappa shape index (κ1) is 17.7. The number of halogens is 3. The predicted molar refractivity (Wildman–Crippen MR) is 106 cm³/mol. The summed E-state index contributed by atoms with van der Waals surface area (Å²) in [6, 6.07) is 8.76. The van der Waals surface area contributed by atoms with Crippen LogP contribution in [0.1, 0.15) is 40.6 Å².